The fourth-order valence-electron chi connectivity index (χ4n) is 3.20. The molecule has 0 aliphatic carbocycles. The van der Waals surface area contributed by atoms with Crippen molar-refractivity contribution in [3.8, 4) is 0 Å². The molecule has 2 aliphatic heterocycles. The molecular formula is C13H17BrN2. The average molecular weight is 281 g/mol. The van der Waals surface area contributed by atoms with Crippen molar-refractivity contribution in [1.29, 1.82) is 0 Å². The molecule has 0 aromatic heterocycles. The fraction of sp³-hybridized carbons (Fsp3) is 0.538. The van der Waals surface area contributed by atoms with Crippen LogP contribution in [0.25, 0.3) is 0 Å². The van der Waals surface area contributed by atoms with Gasteiger partial charge in [0.15, 0.2) is 0 Å². The van der Waals surface area contributed by atoms with Crippen LogP contribution >= 0.6 is 15.9 Å². The molecule has 2 unspecified atom stereocenters. The second-order valence-corrected chi connectivity index (χ2v) is 5.76. The predicted octanol–water partition coefficient (Wildman–Crippen LogP) is 2.69. The van der Waals surface area contributed by atoms with Crippen molar-refractivity contribution >= 4 is 21.6 Å². The van der Waals surface area contributed by atoms with E-state index in [9.17, 15) is 0 Å². The molecule has 2 N–H and O–H groups in total. The zero-order valence-corrected chi connectivity index (χ0v) is 10.9. The number of benzene rings is 1. The molecule has 0 bridgehead atoms. The van der Waals surface area contributed by atoms with Gasteiger partial charge in [0.1, 0.15) is 0 Å². The third kappa shape index (κ3) is 1.57. The van der Waals surface area contributed by atoms with Crippen LogP contribution in [0.1, 0.15) is 24.8 Å². The minimum absolute atomic E-state index is 0.560. The molecule has 2 aliphatic rings. The van der Waals surface area contributed by atoms with Crippen molar-refractivity contribution in [3.05, 3.63) is 28.2 Å². The maximum Gasteiger partial charge on any atom is 0.0416 e. The lowest BCUT2D eigenvalue weighted by Crippen LogP contribution is -2.43. The highest BCUT2D eigenvalue weighted by molar-refractivity contribution is 9.10. The number of fused-ring (bicyclic) bond motifs is 3. The Morgan fingerprint density at radius 2 is 2.19 bits per heavy atom. The molecule has 86 valence electrons. The third-order valence-corrected chi connectivity index (χ3v) is 4.45. The summed E-state index contributed by atoms with van der Waals surface area (Å²) in [4.78, 5) is 2.57. The summed E-state index contributed by atoms with van der Waals surface area (Å²) in [5, 5.41) is 0. The molecule has 2 atom stereocenters. The van der Waals surface area contributed by atoms with Gasteiger partial charge in [0.2, 0.25) is 0 Å². The number of nitrogens with zero attached hydrogens (tertiary/aromatic N) is 1. The van der Waals surface area contributed by atoms with Gasteiger partial charge in [-0.2, -0.15) is 0 Å². The molecule has 1 aromatic carbocycles. The van der Waals surface area contributed by atoms with Gasteiger partial charge in [-0.05, 0) is 49.4 Å². The minimum atomic E-state index is 0.560. The fourth-order valence-corrected chi connectivity index (χ4v) is 3.61. The predicted molar refractivity (Wildman–Crippen MR) is 70.8 cm³/mol. The first kappa shape index (κ1) is 10.6. The van der Waals surface area contributed by atoms with E-state index in [0.29, 0.717) is 6.04 Å². The summed E-state index contributed by atoms with van der Waals surface area (Å²) in [5.41, 5.74) is 8.78. The van der Waals surface area contributed by atoms with Crippen LogP contribution in [0.2, 0.25) is 0 Å². The Balaban J connectivity index is 2.02. The van der Waals surface area contributed by atoms with Gasteiger partial charge in [-0.25, -0.2) is 0 Å². The van der Waals surface area contributed by atoms with Crippen molar-refractivity contribution in [2.24, 2.45) is 5.73 Å². The maximum absolute atomic E-state index is 5.88. The number of anilines is 1. The van der Waals surface area contributed by atoms with Crippen LogP contribution in [-0.2, 0) is 6.42 Å². The smallest absolute Gasteiger partial charge is 0.0416 e. The van der Waals surface area contributed by atoms with Crippen molar-refractivity contribution in [2.75, 3.05) is 11.4 Å². The zero-order valence-electron chi connectivity index (χ0n) is 9.32. The first-order chi connectivity index (χ1) is 7.79. The Hall–Kier alpha value is -0.540. The first-order valence-corrected chi connectivity index (χ1v) is 6.85. The lowest BCUT2D eigenvalue weighted by atomic mass is 9.96. The number of aryl methyl sites for hydroxylation is 1. The Bertz CT molecular complexity index is 405. The van der Waals surface area contributed by atoms with Crippen LogP contribution in [0.4, 0.5) is 5.69 Å². The van der Waals surface area contributed by atoms with Gasteiger partial charge in [0.25, 0.3) is 0 Å². The molecular weight excluding hydrogens is 264 g/mol. The second-order valence-electron chi connectivity index (χ2n) is 4.84. The Morgan fingerprint density at radius 1 is 1.31 bits per heavy atom. The van der Waals surface area contributed by atoms with E-state index in [1.807, 2.05) is 0 Å². The molecule has 0 spiro atoms. The molecule has 3 heteroatoms. The lowest BCUT2D eigenvalue weighted by Gasteiger charge is -2.37. The highest BCUT2D eigenvalue weighted by atomic mass is 79.9. The molecule has 3 rings (SSSR count). The van der Waals surface area contributed by atoms with Gasteiger partial charge >= 0.3 is 0 Å². The largest absolute Gasteiger partial charge is 0.364 e. The highest BCUT2D eigenvalue weighted by Gasteiger charge is 2.36. The van der Waals surface area contributed by atoms with E-state index in [1.165, 1.54) is 41.4 Å². The Labute approximate surface area is 105 Å². The summed E-state index contributed by atoms with van der Waals surface area (Å²) in [7, 11) is 0. The second kappa shape index (κ2) is 4.04. The van der Waals surface area contributed by atoms with Gasteiger partial charge in [0.05, 0.1) is 0 Å². The molecule has 1 aromatic rings. The molecule has 1 fully saturated rings. The van der Waals surface area contributed by atoms with Gasteiger partial charge in [-0.1, -0.05) is 15.9 Å². The minimum Gasteiger partial charge on any atom is -0.364 e. The Morgan fingerprint density at radius 3 is 3.00 bits per heavy atom. The summed E-state index contributed by atoms with van der Waals surface area (Å²) in [6.07, 6.45) is 5.08. The summed E-state index contributed by atoms with van der Waals surface area (Å²) in [6.45, 7) is 0.784. The van der Waals surface area contributed by atoms with Crippen LogP contribution in [0.15, 0.2) is 22.7 Å². The van der Waals surface area contributed by atoms with Gasteiger partial charge in [0, 0.05) is 28.8 Å². The molecule has 16 heavy (non-hydrogen) atoms. The number of nitrogens with two attached hydrogens (primary N) is 1. The number of hydrogen-bond donors (Lipinski definition) is 1. The first-order valence-electron chi connectivity index (χ1n) is 6.06. The van der Waals surface area contributed by atoms with Crippen LogP contribution in [0.5, 0.6) is 0 Å². The molecule has 0 saturated carbocycles. The van der Waals surface area contributed by atoms with Gasteiger partial charge in [-0.3, -0.25) is 0 Å². The molecule has 0 radical (unpaired) electrons. The van der Waals surface area contributed by atoms with E-state index in [1.54, 1.807) is 0 Å². The zero-order chi connectivity index (χ0) is 11.1. The quantitative estimate of drug-likeness (QED) is 0.857. The molecule has 0 amide bonds. The highest BCUT2D eigenvalue weighted by Crippen LogP contribution is 2.39. The topological polar surface area (TPSA) is 29.3 Å². The molecule has 1 saturated heterocycles. The van der Waals surface area contributed by atoms with E-state index in [-0.39, 0.29) is 0 Å². The van der Waals surface area contributed by atoms with Crippen LogP contribution in [-0.4, -0.2) is 18.6 Å². The Kier molecular flexibility index (Phi) is 2.68. The number of rotatable bonds is 1. The summed E-state index contributed by atoms with van der Waals surface area (Å²) >= 11 is 3.55. The van der Waals surface area contributed by atoms with Crippen LogP contribution in [0, 0.1) is 0 Å². The molecule has 2 nitrogen and oxygen atoms in total. The van der Waals surface area contributed by atoms with E-state index >= 15 is 0 Å². The monoisotopic (exact) mass is 280 g/mol. The molecule has 2 heterocycles. The van der Waals surface area contributed by atoms with Crippen molar-refractivity contribution < 1.29 is 0 Å². The summed E-state index contributed by atoms with van der Waals surface area (Å²) < 4.78 is 1.19. The van der Waals surface area contributed by atoms with Gasteiger partial charge in [-0.15, -0.1) is 0 Å². The maximum atomic E-state index is 5.88. The van der Waals surface area contributed by atoms with Crippen molar-refractivity contribution in [3.63, 3.8) is 0 Å². The lowest BCUT2D eigenvalue weighted by molar-refractivity contribution is 0.562. The standard InChI is InChI=1S/C13H17BrN2/c14-10-2-6-13-9(7-10)1-3-11-4-5-12(8-15)16(11)13/h2,6-7,11-12H,1,3-5,8,15H2. The SMILES string of the molecule is NCC1CCC2CCc3cc(Br)ccc3N12. The van der Waals surface area contributed by atoms with Gasteiger partial charge < -0.3 is 10.6 Å². The van der Waals surface area contributed by atoms with E-state index in [0.717, 1.165) is 12.6 Å². The number of halogens is 1. The normalized spacial score (nSPS) is 27.8. The summed E-state index contributed by atoms with van der Waals surface area (Å²) in [6, 6.07) is 7.96. The number of hydrogen-bond acceptors (Lipinski definition) is 2. The van der Waals surface area contributed by atoms with Crippen LogP contribution < -0.4 is 10.6 Å². The third-order valence-electron chi connectivity index (χ3n) is 3.96. The van der Waals surface area contributed by atoms with Crippen molar-refractivity contribution in [1.82, 2.24) is 0 Å². The van der Waals surface area contributed by atoms with E-state index < -0.39 is 0 Å². The van der Waals surface area contributed by atoms with E-state index in [4.69, 9.17) is 5.73 Å². The van der Waals surface area contributed by atoms with Crippen LogP contribution in [0.3, 0.4) is 0 Å². The average Bonchev–Trinajstić information content (AvgIpc) is 2.71. The van der Waals surface area contributed by atoms with E-state index in [2.05, 4.69) is 39.0 Å². The van der Waals surface area contributed by atoms with Crippen molar-refractivity contribution in [2.45, 2.75) is 37.8 Å². The summed E-state index contributed by atoms with van der Waals surface area (Å²) in [5.74, 6) is 0.